The molecule has 0 heterocycles. The van der Waals surface area contributed by atoms with Gasteiger partial charge >= 0.3 is 5.97 Å². The van der Waals surface area contributed by atoms with Crippen molar-refractivity contribution < 1.29 is 19.4 Å². The smallest absolute Gasteiger partial charge is 0.364 e. The normalized spacial score (nSPS) is 11.3. The molecule has 0 radical (unpaired) electrons. The van der Waals surface area contributed by atoms with E-state index < -0.39 is 11.8 Å². The maximum Gasteiger partial charge on any atom is 0.364 e. The molecule has 1 N–H and O–H groups in total. The molecule has 0 atom stereocenters. The molecule has 1 aromatic carbocycles. The zero-order valence-electron chi connectivity index (χ0n) is 6.53. The van der Waals surface area contributed by atoms with Gasteiger partial charge in [-0.05, 0) is 11.6 Å². The number of carbonyl (C=O) groups is 1. The van der Waals surface area contributed by atoms with Gasteiger partial charge in [0.15, 0.2) is 0 Å². The van der Waals surface area contributed by atoms with Crippen molar-refractivity contribution in [3.8, 4) is 5.75 Å². The van der Waals surface area contributed by atoms with E-state index in [9.17, 15) is 14.3 Å². The largest absolute Gasteiger partial charge is 0.872 e. The molecule has 0 spiro atoms. The zero-order valence-corrected chi connectivity index (χ0v) is 6.53. The van der Waals surface area contributed by atoms with Crippen LogP contribution in [0.5, 0.6) is 5.75 Å². The first-order valence-corrected chi connectivity index (χ1v) is 3.47. The fraction of sp³-hybridized carbons (Fsp3) is 0. The maximum absolute atomic E-state index is 12.5. The molecule has 0 aliphatic heterocycles. The Labute approximate surface area is 73.8 Å². The van der Waals surface area contributed by atoms with E-state index in [-0.39, 0.29) is 5.75 Å². The number of benzene rings is 1. The van der Waals surface area contributed by atoms with E-state index in [4.69, 9.17) is 5.11 Å². The van der Waals surface area contributed by atoms with Crippen molar-refractivity contribution >= 4 is 12.0 Å². The molecule has 0 amide bonds. The quantitative estimate of drug-likeness (QED) is 0.696. The van der Waals surface area contributed by atoms with Crippen LogP contribution in [-0.2, 0) is 4.79 Å². The van der Waals surface area contributed by atoms with E-state index in [1.807, 2.05) is 0 Å². The van der Waals surface area contributed by atoms with Gasteiger partial charge in [0.1, 0.15) is 0 Å². The summed E-state index contributed by atoms with van der Waals surface area (Å²) >= 11 is 0. The Bertz CT molecular complexity index is 340. The first kappa shape index (κ1) is 9.25. The molecule has 0 aliphatic rings. The van der Waals surface area contributed by atoms with Crippen LogP contribution in [-0.4, -0.2) is 11.1 Å². The van der Waals surface area contributed by atoms with E-state index >= 15 is 0 Å². The second-order valence-electron chi connectivity index (χ2n) is 2.37. The van der Waals surface area contributed by atoms with Crippen LogP contribution in [0.2, 0.25) is 0 Å². The minimum absolute atomic E-state index is 0.201. The Morgan fingerprint density at radius 1 is 1.38 bits per heavy atom. The molecule has 0 saturated carbocycles. The predicted molar refractivity (Wildman–Crippen MR) is 42.6 cm³/mol. The Morgan fingerprint density at radius 2 is 1.92 bits per heavy atom. The molecule has 13 heavy (non-hydrogen) atoms. The summed E-state index contributed by atoms with van der Waals surface area (Å²) < 4.78 is 12.5. The van der Waals surface area contributed by atoms with Crippen LogP contribution >= 0.6 is 0 Å². The minimum atomic E-state index is -1.62. The Balaban J connectivity index is 2.92. The van der Waals surface area contributed by atoms with Crippen LogP contribution in [0.15, 0.2) is 30.1 Å². The number of rotatable bonds is 2. The van der Waals surface area contributed by atoms with Crippen molar-refractivity contribution in [1.29, 1.82) is 0 Å². The van der Waals surface area contributed by atoms with Crippen molar-refractivity contribution in [1.82, 2.24) is 0 Å². The second kappa shape index (κ2) is 3.71. The van der Waals surface area contributed by atoms with Crippen molar-refractivity contribution in [3.05, 3.63) is 35.7 Å². The molecular weight excluding hydrogens is 175 g/mol. The summed E-state index contributed by atoms with van der Waals surface area (Å²) in [6, 6.07) is 5.18. The van der Waals surface area contributed by atoms with E-state index in [2.05, 4.69) is 0 Å². The Morgan fingerprint density at radius 3 is 2.38 bits per heavy atom. The van der Waals surface area contributed by atoms with E-state index in [0.717, 1.165) is 6.08 Å². The van der Waals surface area contributed by atoms with Crippen molar-refractivity contribution in [2.75, 3.05) is 0 Å². The number of hydrogen-bond donors (Lipinski definition) is 1. The minimum Gasteiger partial charge on any atom is -0.872 e. The third-order valence-corrected chi connectivity index (χ3v) is 1.38. The van der Waals surface area contributed by atoms with Gasteiger partial charge in [0, 0.05) is 0 Å². The number of carboxylic acid groups (broad SMARTS) is 1. The van der Waals surface area contributed by atoms with Gasteiger partial charge in [-0.1, -0.05) is 24.3 Å². The zero-order chi connectivity index (χ0) is 9.84. The highest BCUT2D eigenvalue weighted by Gasteiger charge is 2.03. The lowest BCUT2D eigenvalue weighted by atomic mass is 10.2. The van der Waals surface area contributed by atoms with Gasteiger partial charge in [-0.25, -0.2) is 4.79 Å². The van der Waals surface area contributed by atoms with Gasteiger partial charge in [-0.3, -0.25) is 0 Å². The topological polar surface area (TPSA) is 60.4 Å². The number of hydrogen-bond acceptors (Lipinski definition) is 2. The molecule has 4 heteroatoms. The summed E-state index contributed by atoms with van der Waals surface area (Å²) in [5, 5.41) is 18.8. The molecule has 0 aliphatic carbocycles. The lowest BCUT2D eigenvalue weighted by molar-refractivity contribution is -0.268. The molecule has 3 nitrogen and oxygen atoms in total. The lowest BCUT2D eigenvalue weighted by Gasteiger charge is -2.02. The molecule has 0 saturated heterocycles. The second-order valence-corrected chi connectivity index (χ2v) is 2.37. The van der Waals surface area contributed by atoms with E-state index in [0.29, 0.717) is 5.56 Å². The van der Waals surface area contributed by atoms with E-state index in [1.54, 1.807) is 0 Å². The van der Waals surface area contributed by atoms with Gasteiger partial charge in [-0.15, -0.1) is 5.75 Å². The SMILES string of the molecule is O=C(O)C(F)=Cc1ccc([O-])cc1. The summed E-state index contributed by atoms with van der Waals surface area (Å²) in [5.41, 5.74) is 0.347. The van der Waals surface area contributed by atoms with Crippen LogP contribution < -0.4 is 5.11 Å². The fourth-order valence-electron chi connectivity index (χ4n) is 0.772. The van der Waals surface area contributed by atoms with Gasteiger partial charge in [0.25, 0.3) is 0 Å². The fourth-order valence-corrected chi connectivity index (χ4v) is 0.772. The third-order valence-electron chi connectivity index (χ3n) is 1.38. The molecule has 0 aromatic heterocycles. The van der Waals surface area contributed by atoms with Crippen LogP contribution in [0.1, 0.15) is 5.56 Å². The van der Waals surface area contributed by atoms with Gasteiger partial charge in [0.05, 0.1) is 0 Å². The standard InChI is InChI=1S/C9H7FO3/c10-8(9(12)13)5-6-1-3-7(11)4-2-6/h1-5,11H,(H,12,13)/p-1. The van der Waals surface area contributed by atoms with Crippen LogP contribution in [0.25, 0.3) is 6.08 Å². The highest BCUT2D eigenvalue weighted by atomic mass is 19.1. The molecule has 1 rings (SSSR count). The highest BCUT2D eigenvalue weighted by Crippen LogP contribution is 2.11. The predicted octanol–water partition coefficient (Wildman–Crippen LogP) is 1.16. The Hall–Kier alpha value is -1.84. The third kappa shape index (κ3) is 2.59. The summed E-state index contributed by atoms with van der Waals surface area (Å²) in [4.78, 5) is 10.1. The molecule has 0 unspecified atom stereocenters. The first-order chi connectivity index (χ1) is 6.09. The Kier molecular flexibility index (Phi) is 2.64. The molecule has 68 valence electrons. The number of halogens is 1. The van der Waals surface area contributed by atoms with Gasteiger partial charge < -0.3 is 10.2 Å². The molecule has 1 aromatic rings. The molecule has 0 fully saturated rings. The summed E-state index contributed by atoms with van der Waals surface area (Å²) in [6.45, 7) is 0. The summed E-state index contributed by atoms with van der Waals surface area (Å²) in [7, 11) is 0. The average molecular weight is 181 g/mol. The van der Waals surface area contributed by atoms with Crippen molar-refractivity contribution in [2.24, 2.45) is 0 Å². The van der Waals surface area contributed by atoms with Crippen molar-refractivity contribution in [2.45, 2.75) is 0 Å². The van der Waals surface area contributed by atoms with Crippen molar-refractivity contribution in [3.63, 3.8) is 0 Å². The van der Waals surface area contributed by atoms with Gasteiger partial charge in [0.2, 0.25) is 5.83 Å². The van der Waals surface area contributed by atoms with Crippen LogP contribution in [0.3, 0.4) is 0 Å². The monoisotopic (exact) mass is 181 g/mol. The number of carboxylic acids is 1. The van der Waals surface area contributed by atoms with Gasteiger partial charge in [-0.2, -0.15) is 4.39 Å². The summed E-state index contributed by atoms with van der Waals surface area (Å²) in [5.74, 6) is -3.07. The lowest BCUT2D eigenvalue weighted by Crippen LogP contribution is -1.94. The first-order valence-electron chi connectivity index (χ1n) is 3.47. The average Bonchev–Trinajstić information content (AvgIpc) is 2.08. The summed E-state index contributed by atoms with van der Waals surface area (Å²) in [6.07, 6.45) is 0.849. The maximum atomic E-state index is 12.5. The van der Waals surface area contributed by atoms with E-state index in [1.165, 1.54) is 24.3 Å². The molecule has 0 bridgehead atoms. The molecular formula is C9H6FO3-. The highest BCUT2D eigenvalue weighted by molar-refractivity contribution is 5.89. The number of aliphatic carboxylic acids is 1. The van der Waals surface area contributed by atoms with Crippen LogP contribution in [0, 0.1) is 0 Å². The van der Waals surface area contributed by atoms with Crippen LogP contribution in [0.4, 0.5) is 4.39 Å².